The van der Waals surface area contributed by atoms with E-state index in [1.165, 1.54) is 25.5 Å². The van der Waals surface area contributed by atoms with Crippen molar-refractivity contribution in [2.75, 3.05) is 19.5 Å². The molecule has 0 aliphatic heterocycles. The van der Waals surface area contributed by atoms with Gasteiger partial charge < -0.3 is 10.5 Å². The number of halogens is 2. The van der Waals surface area contributed by atoms with Crippen LogP contribution in [0.4, 0.5) is 13.9 Å². The molecule has 168 valence electrons. The fourth-order valence-electron chi connectivity index (χ4n) is 3.66. The third-order valence-electron chi connectivity index (χ3n) is 4.99. The van der Waals surface area contributed by atoms with Crippen molar-refractivity contribution in [2.24, 2.45) is 22.6 Å². The number of rotatable bonds is 8. The normalized spacial score (nSPS) is 19.3. The number of hydrogen-bond acceptors (Lipinski definition) is 8. The summed E-state index contributed by atoms with van der Waals surface area (Å²) >= 11 is 1.18. The van der Waals surface area contributed by atoms with Crippen molar-refractivity contribution in [1.82, 2.24) is 15.3 Å². The zero-order valence-corrected chi connectivity index (χ0v) is 18.0. The number of amides is 1. The molecule has 0 bridgehead atoms. The predicted molar refractivity (Wildman–Crippen MR) is 113 cm³/mol. The first-order valence-electron chi connectivity index (χ1n) is 9.61. The molecule has 2 atom stereocenters. The number of methoxy groups -OCH3 is 1. The van der Waals surface area contributed by atoms with Crippen LogP contribution in [0.25, 0.3) is 0 Å². The second-order valence-electron chi connectivity index (χ2n) is 7.44. The first-order chi connectivity index (χ1) is 14.7. The Morgan fingerprint density at radius 1 is 1.42 bits per heavy atom. The summed E-state index contributed by atoms with van der Waals surface area (Å²) in [4.78, 5) is 13.1. The van der Waals surface area contributed by atoms with E-state index in [0.717, 1.165) is 5.12 Å². The van der Waals surface area contributed by atoms with Crippen molar-refractivity contribution in [3.63, 3.8) is 0 Å². The van der Waals surface area contributed by atoms with Gasteiger partial charge in [0.2, 0.25) is 17.0 Å². The number of benzene rings is 1. The van der Waals surface area contributed by atoms with Crippen LogP contribution in [0, 0.1) is 5.92 Å². The van der Waals surface area contributed by atoms with E-state index in [4.69, 9.17) is 16.3 Å². The van der Waals surface area contributed by atoms with Gasteiger partial charge in [-0.3, -0.25) is 10.1 Å². The summed E-state index contributed by atoms with van der Waals surface area (Å²) in [5, 5.41) is 16.5. The molecule has 0 radical (unpaired) electrons. The largest absolute Gasteiger partial charge is 0.382 e. The lowest BCUT2D eigenvalue weighted by Gasteiger charge is -2.23. The minimum absolute atomic E-state index is 0.199. The summed E-state index contributed by atoms with van der Waals surface area (Å²) in [6.45, 7) is 0.272. The quantitative estimate of drug-likeness (QED) is 0.242. The van der Waals surface area contributed by atoms with Gasteiger partial charge in [-0.05, 0) is 17.9 Å². The zero-order valence-electron chi connectivity index (χ0n) is 17.2. The third kappa shape index (κ3) is 5.93. The SMILES string of the molecule is COCc1nnc(NC(=O)C(c2ccc(/C(N)=N/N(C)N)cc2)C2CCC(F)(F)C2)s1. The van der Waals surface area contributed by atoms with Crippen LogP contribution in [0.5, 0.6) is 0 Å². The molecule has 0 saturated heterocycles. The van der Waals surface area contributed by atoms with Gasteiger partial charge in [-0.2, -0.15) is 0 Å². The highest BCUT2D eigenvalue weighted by atomic mass is 32.1. The summed E-state index contributed by atoms with van der Waals surface area (Å²) in [6.07, 6.45) is -0.336. The number of hydrogen-bond donors (Lipinski definition) is 3. The Morgan fingerprint density at radius 3 is 2.71 bits per heavy atom. The van der Waals surface area contributed by atoms with Gasteiger partial charge in [0.15, 0.2) is 5.84 Å². The molecule has 5 N–H and O–H groups in total. The van der Waals surface area contributed by atoms with Crippen molar-refractivity contribution in [3.05, 3.63) is 40.4 Å². The maximum atomic E-state index is 13.9. The molecule has 1 aliphatic rings. The first kappa shape index (κ1) is 23.0. The highest BCUT2D eigenvalue weighted by Crippen LogP contribution is 2.45. The molecule has 1 heterocycles. The van der Waals surface area contributed by atoms with Crippen molar-refractivity contribution in [1.29, 1.82) is 0 Å². The number of hydrazone groups is 1. The summed E-state index contributed by atoms with van der Waals surface area (Å²) in [5.41, 5.74) is 7.11. The predicted octanol–water partition coefficient (Wildman–Crippen LogP) is 2.27. The molecule has 2 unspecified atom stereocenters. The number of anilines is 1. The average Bonchev–Trinajstić information content (AvgIpc) is 3.28. The Bertz CT molecular complexity index is 934. The van der Waals surface area contributed by atoms with E-state index >= 15 is 0 Å². The second-order valence-corrected chi connectivity index (χ2v) is 8.50. The smallest absolute Gasteiger partial charge is 0.248 e. The molecule has 1 aliphatic carbocycles. The van der Waals surface area contributed by atoms with Crippen LogP contribution in [-0.4, -0.2) is 47.1 Å². The third-order valence-corrected chi connectivity index (χ3v) is 5.80. The highest BCUT2D eigenvalue weighted by molar-refractivity contribution is 7.15. The number of carbonyl (C=O) groups is 1. The minimum atomic E-state index is -2.78. The van der Waals surface area contributed by atoms with Crippen LogP contribution in [0.15, 0.2) is 29.4 Å². The topological polar surface area (TPSA) is 132 Å². The summed E-state index contributed by atoms with van der Waals surface area (Å²) in [7, 11) is 3.07. The number of nitrogens with two attached hydrogens (primary N) is 2. The molecule has 9 nitrogen and oxygen atoms in total. The number of ether oxygens (including phenoxy) is 1. The molecule has 1 fully saturated rings. The van der Waals surface area contributed by atoms with Crippen molar-refractivity contribution >= 4 is 28.2 Å². The van der Waals surface area contributed by atoms with Gasteiger partial charge in [0.1, 0.15) is 11.6 Å². The molecule has 1 saturated carbocycles. The Balaban J connectivity index is 1.85. The van der Waals surface area contributed by atoms with Crippen molar-refractivity contribution < 1.29 is 18.3 Å². The van der Waals surface area contributed by atoms with Crippen molar-refractivity contribution in [3.8, 4) is 0 Å². The number of nitrogens with one attached hydrogen (secondary N) is 1. The standard InChI is InChI=1S/C19H25F2N7O2S/c1-28(23)27-16(22)12-5-3-11(4-6-12)15(13-7-8-19(20,21)9-13)17(29)24-18-26-25-14(31-18)10-30-2/h3-6,13,15H,7-10,23H2,1-2H3,(H2,22,27)(H,24,26,29). The number of alkyl halides is 2. The Labute approximate surface area is 182 Å². The number of aromatic nitrogens is 2. The monoisotopic (exact) mass is 453 g/mol. The Kier molecular flexibility index (Phi) is 7.13. The summed E-state index contributed by atoms with van der Waals surface area (Å²) in [6, 6.07) is 6.77. The molecular weight excluding hydrogens is 428 g/mol. The van der Waals surface area contributed by atoms with E-state index in [1.54, 1.807) is 24.3 Å². The second kappa shape index (κ2) is 9.62. The van der Waals surface area contributed by atoms with E-state index in [-0.39, 0.29) is 31.7 Å². The van der Waals surface area contributed by atoms with E-state index in [1.807, 2.05) is 0 Å². The maximum Gasteiger partial charge on any atom is 0.248 e. The van der Waals surface area contributed by atoms with Gasteiger partial charge in [-0.15, -0.1) is 15.3 Å². The molecule has 3 rings (SSSR count). The molecule has 12 heteroatoms. The zero-order chi connectivity index (χ0) is 22.6. The van der Waals surface area contributed by atoms with Gasteiger partial charge in [0.05, 0.1) is 5.92 Å². The van der Waals surface area contributed by atoms with Gasteiger partial charge in [-0.25, -0.2) is 19.7 Å². The molecule has 1 aromatic heterocycles. The highest BCUT2D eigenvalue weighted by Gasteiger charge is 2.45. The lowest BCUT2D eigenvalue weighted by Crippen LogP contribution is -2.28. The number of carbonyl (C=O) groups excluding carboxylic acids is 1. The van der Waals surface area contributed by atoms with Gasteiger partial charge in [-0.1, -0.05) is 35.6 Å². The first-order valence-corrected chi connectivity index (χ1v) is 10.4. The summed E-state index contributed by atoms with van der Waals surface area (Å²) < 4.78 is 32.9. The van der Waals surface area contributed by atoms with Crippen molar-refractivity contribution in [2.45, 2.75) is 37.7 Å². The van der Waals surface area contributed by atoms with Gasteiger partial charge in [0.25, 0.3) is 0 Å². The lowest BCUT2D eigenvalue weighted by molar-refractivity contribution is -0.118. The summed E-state index contributed by atoms with van der Waals surface area (Å²) in [5.74, 6) is 1.22. The average molecular weight is 454 g/mol. The fraction of sp³-hybridized carbons (Fsp3) is 0.474. The van der Waals surface area contributed by atoms with E-state index in [9.17, 15) is 13.6 Å². The molecule has 0 spiro atoms. The molecular formula is C19H25F2N7O2S. The number of hydrazine groups is 1. The minimum Gasteiger partial charge on any atom is -0.382 e. The van der Waals surface area contributed by atoms with Crippen LogP contribution in [0.3, 0.4) is 0 Å². The van der Waals surface area contributed by atoms with Crippen LogP contribution in [0.1, 0.15) is 41.3 Å². The maximum absolute atomic E-state index is 13.9. The Hall–Kier alpha value is -2.70. The van der Waals surface area contributed by atoms with Crippen LogP contribution < -0.4 is 16.9 Å². The van der Waals surface area contributed by atoms with Crippen LogP contribution in [0.2, 0.25) is 0 Å². The Morgan fingerprint density at radius 2 is 2.13 bits per heavy atom. The molecule has 31 heavy (non-hydrogen) atoms. The van der Waals surface area contributed by atoms with Crippen LogP contribution in [-0.2, 0) is 16.1 Å². The number of nitrogens with zero attached hydrogens (tertiary/aromatic N) is 4. The molecule has 1 amide bonds. The van der Waals surface area contributed by atoms with E-state index < -0.39 is 23.7 Å². The van der Waals surface area contributed by atoms with Crippen LogP contribution >= 0.6 is 11.3 Å². The fourth-order valence-corrected chi connectivity index (χ4v) is 4.38. The molecule has 1 aromatic carbocycles. The lowest BCUT2D eigenvalue weighted by atomic mass is 9.83. The molecule has 2 aromatic rings. The van der Waals surface area contributed by atoms with E-state index in [0.29, 0.717) is 21.3 Å². The number of amidine groups is 1. The van der Waals surface area contributed by atoms with Gasteiger partial charge in [0, 0.05) is 32.6 Å². The van der Waals surface area contributed by atoms with E-state index in [2.05, 4.69) is 20.6 Å². The van der Waals surface area contributed by atoms with Gasteiger partial charge >= 0.3 is 0 Å².